The Balaban J connectivity index is 1.80. The highest BCUT2D eigenvalue weighted by Gasteiger charge is 2.26. The SMILES string of the molecule is COc1nc(C2=CCN(C(=O)OC(C)(C)C)C2)cc2nccn12. The van der Waals surface area contributed by atoms with Gasteiger partial charge < -0.3 is 14.4 Å². The second kappa shape index (κ2) is 5.57. The molecule has 2 aromatic heterocycles. The Hall–Kier alpha value is -2.57. The van der Waals surface area contributed by atoms with Crippen LogP contribution in [-0.2, 0) is 4.74 Å². The second-order valence-electron chi connectivity index (χ2n) is 6.37. The van der Waals surface area contributed by atoms with Crippen LogP contribution < -0.4 is 4.74 Å². The molecule has 2 aromatic rings. The van der Waals surface area contributed by atoms with Gasteiger partial charge in [0.15, 0.2) is 0 Å². The molecule has 1 amide bonds. The zero-order valence-corrected chi connectivity index (χ0v) is 13.7. The summed E-state index contributed by atoms with van der Waals surface area (Å²) in [5.41, 5.74) is 1.96. The monoisotopic (exact) mass is 316 g/mol. The molecule has 3 rings (SSSR count). The van der Waals surface area contributed by atoms with E-state index in [1.54, 1.807) is 28.8 Å². The number of ether oxygens (including phenoxy) is 2. The van der Waals surface area contributed by atoms with Crippen LogP contribution in [-0.4, -0.2) is 51.2 Å². The number of hydrogen-bond acceptors (Lipinski definition) is 5. The molecule has 0 aromatic carbocycles. The molecule has 7 heteroatoms. The van der Waals surface area contributed by atoms with E-state index in [1.165, 1.54) is 0 Å². The first kappa shape index (κ1) is 15.3. The molecule has 1 aliphatic rings. The van der Waals surface area contributed by atoms with Crippen LogP contribution in [0.5, 0.6) is 6.01 Å². The van der Waals surface area contributed by atoms with E-state index >= 15 is 0 Å². The molecule has 122 valence electrons. The number of carbonyl (C=O) groups is 1. The fraction of sp³-hybridized carbons (Fsp3) is 0.438. The Morgan fingerprint density at radius 1 is 1.35 bits per heavy atom. The smallest absolute Gasteiger partial charge is 0.410 e. The summed E-state index contributed by atoms with van der Waals surface area (Å²) in [6.07, 6.45) is 5.14. The van der Waals surface area contributed by atoms with E-state index in [0.29, 0.717) is 19.1 Å². The van der Waals surface area contributed by atoms with Crippen molar-refractivity contribution in [1.82, 2.24) is 19.3 Å². The van der Waals surface area contributed by atoms with Gasteiger partial charge in [-0.05, 0) is 26.3 Å². The molecule has 23 heavy (non-hydrogen) atoms. The Labute approximate surface area is 134 Å². The van der Waals surface area contributed by atoms with Crippen LogP contribution in [0.4, 0.5) is 4.79 Å². The van der Waals surface area contributed by atoms with Gasteiger partial charge in [-0.3, -0.25) is 4.40 Å². The molecular weight excluding hydrogens is 296 g/mol. The van der Waals surface area contributed by atoms with Gasteiger partial charge in [-0.1, -0.05) is 6.08 Å². The van der Waals surface area contributed by atoms with E-state index < -0.39 is 5.60 Å². The van der Waals surface area contributed by atoms with Gasteiger partial charge in [0.05, 0.1) is 19.3 Å². The number of imidazole rings is 1. The first-order valence-corrected chi connectivity index (χ1v) is 7.43. The number of amides is 1. The molecule has 1 aliphatic heterocycles. The van der Waals surface area contributed by atoms with Crippen LogP contribution in [0.1, 0.15) is 26.5 Å². The van der Waals surface area contributed by atoms with Crippen molar-refractivity contribution in [2.45, 2.75) is 26.4 Å². The average molecular weight is 316 g/mol. The third-order valence-corrected chi connectivity index (χ3v) is 3.44. The lowest BCUT2D eigenvalue weighted by molar-refractivity contribution is 0.0306. The fourth-order valence-corrected chi connectivity index (χ4v) is 2.41. The Morgan fingerprint density at radius 2 is 2.13 bits per heavy atom. The van der Waals surface area contributed by atoms with Gasteiger partial charge in [0.2, 0.25) is 0 Å². The fourth-order valence-electron chi connectivity index (χ4n) is 2.41. The summed E-state index contributed by atoms with van der Waals surface area (Å²) >= 11 is 0. The standard InChI is InChI=1S/C16H20N4O3/c1-16(2,3)23-15(21)19-7-5-11(10-19)12-9-13-17-6-8-20(13)14(18-12)22-4/h5-6,8-9H,7,10H2,1-4H3. The van der Waals surface area contributed by atoms with E-state index in [9.17, 15) is 4.79 Å². The van der Waals surface area contributed by atoms with E-state index in [2.05, 4.69) is 9.97 Å². The molecule has 0 saturated heterocycles. The number of hydrogen-bond donors (Lipinski definition) is 0. The van der Waals surface area contributed by atoms with Crippen LogP contribution in [0, 0.1) is 0 Å². The molecule has 0 fully saturated rings. The molecule has 0 radical (unpaired) electrons. The Morgan fingerprint density at radius 3 is 2.83 bits per heavy atom. The number of methoxy groups -OCH3 is 1. The maximum Gasteiger partial charge on any atom is 0.410 e. The van der Waals surface area contributed by atoms with Crippen LogP contribution in [0.3, 0.4) is 0 Å². The first-order chi connectivity index (χ1) is 10.9. The zero-order chi connectivity index (χ0) is 16.6. The van der Waals surface area contributed by atoms with Gasteiger partial charge in [-0.2, -0.15) is 4.98 Å². The minimum atomic E-state index is -0.504. The summed E-state index contributed by atoms with van der Waals surface area (Å²) in [7, 11) is 1.57. The summed E-state index contributed by atoms with van der Waals surface area (Å²) in [5, 5.41) is 0. The van der Waals surface area contributed by atoms with Crippen molar-refractivity contribution in [2.75, 3.05) is 20.2 Å². The summed E-state index contributed by atoms with van der Waals surface area (Å²) in [6.45, 7) is 6.53. The van der Waals surface area contributed by atoms with Gasteiger partial charge >= 0.3 is 12.1 Å². The second-order valence-corrected chi connectivity index (χ2v) is 6.37. The van der Waals surface area contributed by atoms with Crippen molar-refractivity contribution >= 4 is 17.3 Å². The lowest BCUT2D eigenvalue weighted by Gasteiger charge is -2.24. The third kappa shape index (κ3) is 3.13. The van der Waals surface area contributed by atoms with E-state index in [1.807, 2.05) is 32.9 Å². The average Bonchev–Trinajstić information content (AvgIpc) is 3.13. The largest absolute Gasteiger partial charge is 0.468 e. The Kier molecular flexibility index (Phi) is 3.71. The number of carbonyl (C=O) groups excluding carboxylic acids is 1. The highest BCUT2D eigenvalue weighted by atomic mass is 16.6. The minimum absolute atomic E-state index is 0.322. The normalized spacial score (nSPS) is 15.0. The van der Waals surface area contributed by atoms with Crippen LogP contribution >= 0.6 is 0 Å². The molecule has 0 unspecified atom stereocenters. The van der Waals surface area contributed by atoms with Crippen LogP contribution in [0.25, 0.3) is 11.2 Å². The molecule has 0 bridgehead atoms. The summed E-state index contributed by atoms with van der Waals surface area (Å²) in [5.74, 6) is 0. The van der Waals surface area contributed by atoms with E-state index in [-0.39, 0.29) is 6.09 Å². The summed E-state index contributed by atoms with van der Waals surface area (Å²) in [6, 6.07) is 2.35. The minimum Gasteiger partial charge on any atom is -0.468 e. The predicted molar refractivity (Wildman–Crippen MR) is 85.3 cm³/mol. The van der Waals surface area contributed by atoms with Crippen LogP contribution in [0.2, 0.25) is 0 Å². The van der Waals surface area contributed by atoms with Gasteiger partial charge in [0.25, 0.3) is 0 Å². The molecule has 0 N–H and O–H groups in total. The molecule has 0 aliphatic carbocycles. The quantitative estimate of drug-likeness (QED) is 0.851. The van der Waals surface area contributed by atoms with Crippen molar-refractivity contribution in [3.63, 3.8) is 0 Å². The topological polar surface area (TPSA) is 69.0 Å². The molecular formula is C16H20N4O3. The van der Waals surface area contributed by atoms with E-state index in [4.69, 9.17) is 9.47 Å². The van der Waals surface area contributed by atoms with Crippen molar-refractivity contribution in [3.05, 3.63) is 30.2 Å². The molecule has 0 atom stereocenters. The maximum atomic E-state index is 12.1. The van der Waals surface area contributed by atoms with E-state index in [0.717, 1.165) is 16.9 Å². The van der Waals surface area contributed by atoms with Crippen molar-refractivity contribution in [1.29, 1.82) is 0 Å². The highest BCUT2D eigenvalue weighted by Crippen LogP contribution is 2.24. The molecule has 0 saturated carbocycles. The maximum absolute atomic E-state index is 12.1. The third-order valence-electron chi connectivity index (χ3n) is 3.44. The van der Waals surface area contributed by atoms with Gasteiger partial charge in [0, 0.05) is 25.0 Å². The summed E-state index contributed by atoms with van der Waals surface area (Å²) < 4.78 is 12.5. The lowest BCUT2D eigenvalue weighted by atomic mass is 10.2. The molecule has 7 nitrogen and oxygen atoms in total. The van der Waals surface area contributed by atoms with Gasteiger partial charge in [-0.15, -0.1) is 0 Å². The van der Waals surface area contributed by atoms with Crippen molar-refractivity contribution < 1.29 is 14.3 Å². The number of aromatic nitrogens is 3. The number of fused-ring (bicyclic) bond motifs is 1. The van der Waals surface area contributed by atoms with Crippen molar-refractivity contribution in [3.8, 4) is 6.01 Å². The highest BCUT2D eigenvalue weighted by molar-refractivity contribution is 5.77. The molecule has 0 spiro atoms. The number of nitrogens with zero attached hydrogens (tertiary/aromatic N) is 4. The van der Waals surface area contributed by atoms with Crippen LogP contribution in [0.15, 0.2) is 24.5 Å². The number of rotatable bonds is 2. The zero-order valence-electron chi connectivity index (χ0n) is 13.7. The lowest BCUT2D eigenvalue weighted by Crippen LogP contribution is -2.35. The van der Waals surface area contributed by atoms with Gasteiger partial charge in [-0.25, -0.2) is 9.78 Å². The Bertz CT molecular complexity index is 773. The van der Waals surface area contributed by atoms with Crippen molar-refractivity contribution in [2.24, 2.45) is 0 Å². The van der Waals surface area contributed by atoms with Gasteiger partial charge in [0.1, 0.15) is 11.2 Å². The summed E-state index contributed by atoms with van der Waals surface area (Å²) in [4.78, 5) is 22.6. The predicted octanol–water partition coefficient (Wildman–Crippen LogP) is 2.37. The first-order valence-electron chi connectivity index (χ1n) is 7.43. The molecule has 3 heterocycles.